The molecular formula is C11H21N3O2. The molecule has 0 aromatic rings. The molecule has 1 saturated heterocycles. The van der Waals surface area contributed by atoms with E-state index < -0.39 is 6.03 Å². The number of hydrogen-bond acceptors (Lipinski definition) is 3. The van der Waals surface area contributed by atoms with E-state index in [0.29, 0.717) is 24.9 Å². The molecule has 2 fully saturated rings. The highest BCUT2D eigenvalue weighted by molar-refractivity contribution is 5.72. The Kier molecular flexibility index (Phi) is 3.35. The third-order valence-corrected chi connectivity index (χ3v) is 3.62. The van der Waals surface area contributed by atoms with Crippen LogP contribution in [0, 0.1) is 11.8 Å². The number of amides is 2. The van der Waals surface area contributed by atoms with Gasteiger partial charge in [-0.25, -0.2) is 4.79 Å². The molecule has 5 heteroatoms. The number of carbonyl (C=O) groups is 1. The van der Waals surface area contributed by atoms with Crippen molar-refractivity contribution in [2.45, 2.75) is 37.8 Å². The van der Waals surface area contributed by atoms with Gasteiger partial charge in [-0.2, -0.15) is 0 Å². The van der Waals surface area contributed by atoms with Crippen molar-refractivity contribution >= 4 is 6.03 Å². The summed E-state index contributed by atoms with van der Waals surface area (Å²) in [5.74, 6) is 0.784. The van der Waals surface area contributed by atoms with Gasteiger partial charge in [0.25, 0.3) is 0 Å². The van der Waals surface area contributed by atoms with Crippen LogP contribution < -0.4 is 11.5 Å². The smallest absolute Gasteiger partial charge is 0.314 e. The number of likely N-dealkylation sites (tertiary alicyclic amines) is 1. The van der Waals surface area contributed by atoms with Gasteiger partial charge in [0, 0.05) is 19.1 Å². The van der Waals surface area contributed by atoms with Gasteiger partial charge in [0.2, 0.25) is 0 Å². The Morgan fingerprint density at radius 3 is 2.69 bits per heavy atom. The number of aliphatic hydroxyl groups is 1. The van der Waals surface area contributed by atoms with Crippen LogP contribution in [0.1, 0.15) is 25.7 Å². The van der Waals surface area contributed by atoms with Crippen molar-refractivity contribution < 1.29 is 9.90 Å². The Balaban J connectivity index is 1.85. The minimum absolute atomic E-state index is 0.00217. The van der Waals surface area contributed by atoms with Crippen LogP contribution in [0.3, 0.4) is 0 Å². The summed E-state index contributed by atoms with van der Waals surface area (Å²) in [6.07, 6.45) is 3.69. The molecule has 1 aliphatic heterocycles. The van der Waals surface area contributed by atoms with Crippen molar-refractivity contribution in [3.05, 3.63) is 0 Å². The summed E-state index contributed by atoms with van der Waals surface area (Å²) in [5.41, 5.74) is 11.2. The van der Waals surface area contributed by atoms with Crippen LogP contribution in [0.25, 0.3) is 0 Å². The van der Waals surface area contributed by atoms with Gasteiger partial charge in [0.1, 0.15) is 0 Å². The van der Waals surface area contributed by atoms with Crippen molar-refractivity contribution in [2.24, 2.45) is 23.3 Å². The Bertz CT molecular complexity index is 268. The fourth-order valence-electron chi connectivity index (χ4n) is 2.61. The first-order chi connectivity index (χ1) is 7.56. The normalized spacial score (nSPS) is 32.5. The van der Waals surface area contributed by atoms with Crippen LogP contribution >= 0.6 is 0 Å². The summed E-state index contributed by atoms with van der Waals surface area (Å²) >= 11 is 0. The Morgan fingerprint density at radius 1 is 1.44 bits per heavy atom. The highest BCUT2D eigenvalue weighted by Gasteiger charge is 2.34. The van der Waals surface area contributed by atoms with Crippen molar-refractivity contribution in [3.63, 3.8) is 0 Å². The standard InChI is InChI=1S/C11H21N3O2/c12-9-3-7(4-10(15)8-1-2-8)5-14(6-9)11(13)16/h7-10,15H,1-6,12H2,(H2,13,16). The fraction of sp³-hybridized carbons (Fsp3) is 0.909. The first kappa shape index (κ1) is 11.7. The predicted octanol–water partition coefficient (Wildman–Crippen LogP) is -0.125. The number of urea groups is 1. The van der Waals surface area contributed by atoms with E-state index in [4.69, 9.17) is 11.5 Å². The maximum Gasteiger partial charge on any atom is 0.314 e. The largest absolute Gasteiger partial charge is 0.393 e. The molecule has 5 nitrogen and oxygen atoms in total. The van der Waals surface area contributed by atoms with E-state index in [1.54, 1.807) is 4.90 Å². The zero-order chi connectivity index (χ0) is 11.7. The molecule has 3 atom stereocenters. The van der Waals surface area contributed by atoms with E-state index in [1.165, 1.54) is 0 Å². The number of rotatable bonds is 3. The third-order valence-electron chi connectivity index (χ3n) is 3.62. The molecule has 2 aliphatic rings. The van der Waals surface area contributed by atoms with Gasteiger partial charge in [-0.1, -0.05) is 0 Å². The lowest BCUT2D eigenvalue weighted by Crippen LogP contribution is -2.51. The van der Waals surface area contributed by atoms with Crippen LogP contribution in [0.15, 0.2) is 0 Å². The molecule has 0 spiro atoms. The first-order valence-corrected chi connectivity index (χ1v) is 6.04. The maximum absolute atomic E-state index is 11.1. The van der Waals surface area contributed by atoms with Crippen molar-refractivity contribution in [1.82, 2.24) is 4.90 Å². The number of primary amides is 1. The van der Waals surface area contributed by atoms with Crippen molar-refractivity contribution in [2.75, 3.05) is 13.1 Å². The zero-order valence-corrected chi connectivity index (χ0v) is 9.51. The molecule has 1 heterocycles. The Morgan fingerprint density at radius 2 is 2.12 bits per heavy atom. The zero-order valence-electron chi connectivity index (χ0n) is 9.51. The Hall–Kier alpha value is -0.810. The summed E-state index contributed by atoms with van der Waals surface area (Å²) in [5, 5.41) is 9.88. The molecular weight excluding hydrogens is 206 g/mol. The summed E-state index contributed by atoms with van der Waals surface area (Å²) in [7, 11) is 0. The number of hydrogen-bond donors (Lipinski definition) is 3. The van der Waals surface area contributed by atoms with Crippen LogP contribution in [0.4, 0.5) is 4.79 Å². The summed E-state index contributed by atoms with van der Waals surface area (Å²) in [6.45, 7) is 1.19. The monoisotopic (exact) mass is 227 g/mol. The lowest BCUT2D eigenvalue weighted by molar-refractivity contribution is 0.0900. The van der Waals surface area contributed by atoms with Gasteiger partial charge in [-0.3, -0.25) is 0 Å². The van der Waals surface area contributed by atoms with Crippen molar-refractivity contribution in [3.8, 4) is 0 Å². The minimum Gasteiger partial charge on any atom is -0.393 e. The number of piperidine rings is 1. The number of nitrogens with zero attached hydrogens (tertiary/aromatic N) is 1. The van der Waals surface area contributed by atoms with Gasteiger partial charge in [0.05, 0.1) is 6.10 Å². The predicted molar refractivity (Wildman–Crippen MR) is 60.6 cm³/mol. The molecule has 3 unspecified atom stereocenters. The Labute approximate surface area is 95.8 Å². The third kappa shape index (κ3) is 2.86. The molecule has 0 radical (unpaired) electrons. The molecule has 16 heavy (non-hydrogen) atoms. The lowest BCUT2D eigenvalue weighted by Gasteiger charge is -2.36. The average Bonchev–Trinajstić information content (AvgIpc) is 2.99. The van der Waals surface area contributed by atoms with E-state index in [2.05, 4.69) is 0 Å². The second kappa shape index (κ2) is 4.59. The van der Waals surface area contributed by atoms with Gasteiger partial charge in [-0.15, -0.1) is 0 Å². The molecule has 2 rings (SSSR count). The molecule has 0 bridgehead atoms. The second-order valence-electron chi connectivity index (χ2n) is 5.25. The molecule has 5 N–H and O–H groups in total. The van der Waals surface area contributed by atoms with Gasteiger partial charge in [-0.05, 0) is 37.5 Å². The van der Waals surface area contributed by atoms with Gasteiger partial charge in [0.15, 0.2) is 0 Å². The molecule has 0 aromatic carbocycles. The van der Waals surface area contributed by atoms with E-state index in [0.717, 1.165) is 25.7 Å². The molecule has 1 saturated carbocycles. The summed E-state index contributed by atoms with van der Waals surface area (Å²) in [4.78, 5) is 12.7. The first-order valence-electron chi connectivity index (χ1n) is 6.04. The topological polar surface area (TPSA) is 92.6 Å². The molecule has 2 amide bonds. The quantitative estimate of drug-likeness (QED) is 0.627. The van der Waals surface area contributed by atoms with Crippen LogP contribution in [-0.2, 0) is 0 Å². The van der Waals surface area contributed by atoms with Crippen LogP contribution in [0.5, 0.6) is 0 Å². The highest BCUT2D eigenvalue weighted by Crippen LogP contribution is 2.36. The van der Waals surface area contributed by atoms with Gasteiger partial charge < -0.3 is 21.5 Å². The van der Waals surface area contributed by atoms with Crippen molar-refractivity contribution in [1.29, 1.82) is 0 Å². The fourth-order valence-corrected chi connectivity index (χ4v) is 2.61. The molecule has 0 aromatic heterocycles. The number of aliphatic hydroxyl groups excluding tert-OH is 1. The highest BCUT2D eigenvalue weighted by atomic mass is 16.3. The summed E-state index contributed by atoms with van der Waals surface area (Å²) in [6, 6.07) is -0.404. The van der Waals surface area contributed by atoms with Gasteiger partial charge >= 0.3 is 6.03 Å². The summed E-state index contributed by atoms with van der Waals surface area (Å²) < 4.78 is 0. The SMILES string of the molecule is NC(=O)N1CC(N)CC(CC(O)C2CC2)C1. The average molecular weight is 227 g/mol. The molecule has 1 aliphatic carbocycles. The van der Waals surface area contributed by atoms with Crippen LogP contribution in [0.2, 0.25) is 0 Å². The maximum atomic E-state index is 11.1. The number of nitrogens with two attached hydrogens (primary N) is 2. The van der Waals surface area contributed by atoms with Crippen LogP contribution in [-0.4, -0.2) is 41.3 Å². The minimum atomic E-state index is -0.402. The number of carbonyl (C=O) groups excluding carboxylic acids is 1. The second-order valence-corrected chi connectivity index (χ2v) is 5.25. The van der Waals surface area contributed by atoms with E-state index in [1.807, 2.05) is 0 Å². The van der Waals surface area contributed by atoms with E-state index >= 15 is 0 Å². The lowest BCUT2D eigenvalue weighted by atomic mass is 9.89. The van der Waals surface area contributed by atoms with E-state index in [-0.39, 0.29) is 12.1 Å². The molecule has 92 valence electrons. The van der Waals surface area contributed by atoms with E-state index in [9.17, 15) is 9.90 Å².